The van der Waals surface area contributed by atoms with Gasteiger partial charge in [-0.2, -0.15) is 0 Å². The minimum absolute atomic E-state index is 0.0225. The van der Waals surface area contributed by atoms with Crippen molar-refractivity contribution < 1.29 is 18.7 Å². The van der Waals surface area contributed by atoms with Gasteiger partial charge >= 0.3 is 0 Å². The molecule has 0 bridgehead atoms. The number of hydrogen-bond donors (Lipinski definition) is 1. The topological polar surface area (TPSA) is 58.6 Å². The highest BCUT2D eigenvalue weighted by Gasteiger charge is 2.31. The normalized spacial score (nSPS) is 11.1. The Hall–Kier alpha value is -2.31. The predicted octanol–water partition coefficient (Wildman–Crippen LogP) is 5.04. The molecule has 150 valence electrons. The second kappa shape index (κ2) is 8.37. The van der Waals surface area contributed by atoms with Crippen LogP contribution in [0.25, 0.3) is 0 Å². The van der Waals surface area contributed by atoms with Crippen molar-refractivity contribution in [1.82, 2.24) is 10.4 Å². The number of benzene rings is 2. The van der Waals surface area contributed by atoms with Crippen LogP contribution in [-0.4, -0.2) is 29.5 Å². The Morgan fingerprint density at radius 3 is 2.32 bits per heavy atom. The van der Waals surface area contributed by atoms with Gasteiger partial charge in [0.05, 0.1) is 28.3 Å². The first-order valence-corrected chi connectivity index (χ1v) is 9.16. The first-order chi connectivity index (χ1) is 13.0. The number of halogens is 3. The van der Waals surface area contributed by atoms with Crippen LogP contribution in [0.3, 0.4) is 0 Å². The zero-order valence-electron chi connectivity index (χ0n) is 16.2. The molecule has 0 heterocycles. The zero-order valence-corrected chi connectivity index (χ0v) is 17.7. The summed E-state index contributed by atoms with van der Waals surface area (Å²) >= 11 is 11.8. The summed E-state index contributed by atoms with van der Waals surface area (Å²) in [4.78, 5) is 25.9. The molecular weight excluding hydrogens is 406 g/mol. The molecule has 1 N–H and O–H groups in total. The Labute approximate surface area is 173 Å². The minimum Gasteiger partial charge on any atom is -0.496 e. The average Bonchev–Trinajstić information content (AvgIpc) is 2.61. The molecule has 0 unspecified atom stereocenters. The zero-order chi connectivity index (χ0) is 21.2. The molecule has 0 spiro atoms. The van der Waals surface area contributed by atoms with E-state index in [0.717, 1.165) is 17.1 Å². The molecule has 0 radical (unpaired) electrons. The van der Waals surface area contributed by atoms with Crippen molar-refractivity contribution in [1.29, 1.82) is 0 Å². The number of ether oxygens (including phenoxy) is 1. The lowest BCUT2D eigenvalue weighted by atomic mass is 10.1. The smallest absolute Gasteiger partial charge is 0.274 e. The van der Waals surface area contributed by atoms with Gasteiger partial charge in [-0.05, 0) is 52.0 Å². The molecule has 2 aromatic rings. The largest absolute Gasteiger partial charge is 0.496 e. The van der Waals surface area contributed by atoms with Crippen LogP contribution in [0.15, 0.2) is 30.3 Å². The van der Waals surface area contributed by atoms with Gasteiger partial charge in [0.1, 0.15) is 11.6 Å². The molecular formula is C20H21Cl2FN2O3. The quantitative estimate of drug-likeness (QED) is 0.552. The fraction of sp³-hybridized carbons (Fsp3) is 0.300. The van der Waals surface area contributed by atoms with E-state index in [9.17, 15) is 14.0 Å². The van der Waals surface area contributed by atoms with Crippen molar-refractivity contribution in [3.05, 3.63) is 62.9 Å². The number of hydrogen-bond acceptors (Lipinski definition) is 3. The maximum atomic E-state index is 13.6. The molecule has 28 heavy (non-hydrogen) atoms. The summed E-state index contributed by atoms with van der Waals surface area (Å²) in [7, 11) is 1.51. The highest BCUT2D eigenvalue weighted by Crippen LogP contribution is 2.27. The Morgan fingerprint density at radius 2 is 1.75 bits per heavy atom. The maximum absolute atomic E-state index is 13.6. The van der Waals surface area contributed by atoms with E-state index in [1.807, 2.05) is 0 Å². The molecule has 0 aliphatic rings. The number of carbonyl (C=O) groups excluding carboxylic acids is 2. The molecule has 2 amide bonds. The lowest BCUT2D eigenvalue weighted by Gasteiger charge is -2.36. The van der Waals surface area contributed by atoms with Crippen molar-refractivity contribution in [3.8, 4) is 5.75 Å². The third-order valence-corrected chi connectivity index (χ3v) is 4.68. The monoisotopic (exact) mass is 426 g/mol. The van der Waals surface area contributed by atoms with E-state index in [1.165, 1.54) is 7.11 Å². The standard InChI is InChI=1S/C20H21Cl2FN2O3/c1-11-12(7-6-8-17(11)28-5)18(26)24-25(20(2,3)4)19(27)13-9-15(22)16(23)10-14(13)21/h6-10H,1-5H3,(H,24,26). The summed E-state index contributed by atoms with van der Waals surface area (Å²) in [5, 5.41) is 0.800. The van der Waals surface area contributed by atoms with E-state index in [4.69, 9.17) is 27.9 Å². The van der Waals surface area contributed by atoms with Crippen LogP contribution >= 0.6 is 23.2 Å². The van der Waals surface area contributed by atoms with Crippen LogP contribution in [0.5, 0.6) is 5.75 Å². The van der Waals surface area contributed by atoms with E-state index in [0.29, 0.717) is 16.9 Å². The highest BCUT2D eigenvalue weighted by molar-refractivity contribution is 6.35. The van der Waals surface area contributed by atoms with Gasteiger partial charge < -0.3 is 4.74 Å². The first kappa shape index (κ1) is 22.0. The van der Waals surface area contributed by atoms with Crippen molar-refractivity contribution in [2.75, 3.05) is 7.11 Å². The van der Waals surface area contributed by atoms with E-state index in [-0.39, 0.29) is 15.6 Å². The van der Waals surface area contributed by atoms with Crippen molar-refractivity contribution in [2.24, 2.45) is 0 Å². The van der Waals surface area contributed by atoms with Crippen molar-refractivity contribution in [2.45, 2.75) is 33.2 Å². The SMILES string of the molecule is COc1cccc(C(=O)NN(C(=O)c2cc(Cl)c(F)cc2Cl)C(C)(C)C)c1C. The van der Waals surface area contributed by atoms with Gasteiger partial charge in [0, 0.05) is 11.1 Å². The van der Waals surface area contributed by atoms with Gasteiger partial charge in [0.2, 0.25) is 0 Å². The van der Waals surface area contributed by atoms with Crippen molar-refractivity contribution >= 4 is 35.0 Å². The summed E-state index contributed by atoms with van der Waals surface area (Å²) in [5.74, 6) is -1.30. The lowest BCUT2D eigenvalue weighted by Crippen LogP contribution is -2.56. The summed E-state index contributed by atoms with van der Waals surface area (Å²) in [5.41, 5.74) is 2.78. The van der Waals surface area contributed by atoms with Crippen molar-refractivity contribution in [3.63, 3.8) is 0 Å². The predicted molar refractivity (Wildman–Crippen MR) is 108 cm³/mol. The number of nitrogens with one attached hydrogen (secondary N) is 1. The summed E-state index contributed by atoms with van der Waals surface area (Å²) < 4.78 is 18.8. The van der Waals surface area contributed by atoms with E-state index < -0.39 is 23.2 Å². The highest BCUT2D eigenvalue weighted by atomic mass is 35.5. The summed E-state index contributed by atoms with van der Waals surface area (Å²) in [6.45, 7) is 6.96. The third kappa shape index (κ3) is 4.56. The Kier molecular flexibility index (Phi) is 6.57. The number of amides is 2. The second-order valence-electron chi connectivity index (χ2n) is 7.13. The van der Waals surface area contributed by atoms with Gasteiger partial charge in [-0.25, -0.2) is 9.40 Å². The van der Waals surface area contributed by atoms with Gasteiger partial charge in [0.15, 0.2) is 0 Å². The molecule has 0 saturated heterocycles. The van der Waals surface area contributed by atoms with E-state index in [1.54, 1.807) is 45.9 Å². The second-order valence-corrected chi connectivity index (χ2v) is 7.95. The summed E-state index contributed by atoms with van der Waals surface area (Å²) in [6, 6.07) is 7.15. The molecule has 2 aromatic carbocycles. The average molecular weight is 427 g/mol. The number of nitrogens with zero attached hydrogens (tertiary/aromatic N) is 1. The van der Waals surface area contributed by atoms with Crippen LogP contribution < -0.4 is 10.2 Å². The fourth-order valence-corrected chi connectivity index (χ4v) is 2.97. The first-order valence-electron chi connectivity index (χ1n) is 8.41. The van der Waals surface area contributed by atoms with Gasteiger partial charge in [-0.15, -0.1) is 0 Å². The number of hydrazine groups is 1. The minimum atomic E-state index is -0.802. The van der Waals surface area contributed by atoms with Crippen LogP contribution in [0.2, 0.25) is 10.0 Å². The third-order valence-electron chi connectivity index (χ3n) is 4.08. The summed E-state index contributed by atoms with van der Waals surface area (Å²) in [6.07, 6.45) is 0. The fourth-order valence-electron chi connectivity index (χ4n) is 2.57. The molecule has 8 heteroatoms. The van der Waals surface area contributed by atoms with Gasteiger partial charge in [-0.3, -0.25) is 15.0 Å². The molecule has 0 aliphatic carbocycles. The van der Waals surface area contributed by atoms with E-state index in [2.05, 4.69) is 5.43 Å². The number of rotatable bonds is 3. The molecule has 2 rings (SSSR count). The van der Waals surface area contributed by atoms with Crippen LogP contribution in [0.1, 0.15) is 47.1 Å². The number of carbonyl (C=O) groups is 2. The molecule has 0 aliphatic heterocycles. The molecule has 0 atom stereocenters. The van der Waals surface area contributed by atoms with E-state index >= 15 is 0 Å². The van der Waals surface area contributed by atoms with Gasteiger partial charge in [-0.1, -0.05) is 29.3 Å². The Bertz CT molecular complexity index is 926. The maximum Gasteiger partial charge on any atom is 0.274 e. The van der Waals surface area contributed by atoms with Crippen LogP contribution in [0, 0.1) is 12.7 Å². The Balaban J connectivity index is 2.42. The Morgan fingerprint density at radius 1 is 1.11 bits per heavy atom. The molecule has 0 saturated carbocycles. The van der Waals surface area contributed by atoms with Crippen LogP contribution in [0.4, 0.5) is 4.39 Å². The van der Waals surface area contributed by atoms with Crippen LogP contribution in [-0.2, 0) is 0 Å². The van der Waals surface area contributed by atoms with Gasteiger partial charge in [0.25, 0.3) is 11.8 Å². The molecule has 0 aromatic heterocycles. The molecule has 5 nitrogen and oxygen atoms in total. The lowest BCUT2D eigenvalue weighted by molar-refractivity contribution is 0.0358. The number of methoxy groups -OCH3 is 1. The molecule has 0 fully saturated rings.